The molecule has 2 rings (SSSR count). The molecule has 0 radical (unpaired) electrons. The van der Waals surface area contributed by atoms with Crippen LogP contribution in [0.2, 0.25) is 0 Å². The van der Waals surface area contributed by atoms with Gasteiger partial charge in [-0.3, -0.25) is 0 Å². The van der Waals surface area contributed by atoms with E-state index in [1.165, 1.54) is 11.8 Å². The summed E-state index contributed by atoms with van der Waals surface area (Å²) in [7, 11) is 0. The van der Waals surface area contributed by atoms with Gasteiger partial charge in [-0.1, -0.05) is 23.9 Å². The third kappa shape index (κ3) is 5.61. The molecular weight excluding hydrogens is 308 g/mol. The van der Waals surface area contributed by atoms with E-state index in [1.807, 2.05) is 37.4 Å². The molecule has 0 aliphatic rings. The zero-order valence-corrected chi connectivity index (χ0v) is 13.6. The third-order valence-corrected chi connectivity index (χ3v) is 4.05. The number of aromatic nitrogens is 2. The van der Waals surface area contributed by atoms with Gasteiger partial charge in [0.2, 0.25) is 5.89 Å². The number of ether oxygens (including phenoxy) is 1. The first kappa shape index (κ1) is 16.2. The van der Waals surface area contributed by atoms with Gasteiger partial charge in [0.1, 0.15) is 12.4 Å². The predicted molar refractivity (Wildman–Crippen MR) is 84.9 cm³/mol. The van der Waals surface area contributed by atoms with Gasteiger partial charge in [0.25, 0.3) is 5.22 Å². The number of nitrogens with zero attached hydrogens (tertiary/aromatic N) is 2. The summed E-state index contributed by atoms with van der Waals surface area (Å²) in [5, 5.41) is 18.2. The van der Waals surface area contributed by atoms with Gasteiger partial charge in [-0.2, -0.15) is 11.8 Å². The standard InChI is InChI=1S/C14H18N2O3S2/c1-10-4-3-5-12(6-10)18-7-11(17)8-21-14-16-15-13(19-14)9-20-2/h3-6,11,17H,7-9H2,1-2H3. The lowest BCUT2D eigenvalue weighted by Gasteiger charge is -2.11. The minimum Gasteiger partial charge on any atom is -0.491 e. The summed E-state index contributed by atoms with van der Waals surface area (Å²) >= 11 is 2.96. The van der Waals surface area contributed by atoms with Gasteiger partial charge in [0, 0.05) is 5.75 Å². The van der Waals surface area contributed by atoms with Gasteiger partial charge in [-0.15, -0.1) is 10.2 Å². The monoisotopic (exact) mass is 326 g/mol. The van der Waals surface area contributed by atoms with Crippen molar-refractivity contribution < 1.29 is 14.3 Å². The van der Waals surface area contributed by atoms with Crippen molar-refractivity contribution in [2.75, 3.05) is 18.6 Å². The zero-order chi connectivity index (χ0) is 15.1. The quantitative estimate of drug-likeness (QED) is 0.748. The van der Waals surface area contributed by atoms with Crippen molar-refractivity contribution in [3.05, 3.63) is 35.7 Å². The highest BCUT2D eigenvalue weighted by Gasteiger charge is 2.11. The van der Waals surface area contributed by atoms with E-state index in [9.17, 15) is 5.11 Å². The summed E-state index contributed by atoms with van der Waals surface area (Å²) in [6.07, 6.45) is 1.38. The first-order chi connectivity index (χ1) is 10.2. The average Bonchev–Trinajstić information content (AvgIpc) is 2.91. The van der Waals surface area contributed by atoms with Crippen molar-refractivity contribution in [2.45, 2.75) is 24.0 Å². The van der Waals surface area contributed by atoms with E-state index in [4.69, 9.17) is 9.15 Å². The Balaban J connectivity index is 1.72. The predicted octanol–water partition coefficient (Wildman–Crippen LogP) is 2.77. The second kappa shape index (κ2) is 8.31. The zero-order valence-electron chi connectivity index (χ0n) is 12.0. The smallest absolute Gasteiger partial charge is 0.276 e. The first-order valence-electron chi connectivity index (χ1n) is 6.49. The van der Waals surface area contributed by atoms with Gasteiger partial charge in [0.05, 0.1) is 11.9 Å². The minimum atomic E-state index is -0.591. The Kier molecular flexibility index (Phi) is 6.41. The van der Waals surface area contributed by atoms with E-state index in [0.29, 0.717) is 22.6 Å². The van der Waals surface area contributed by atoms with Crippen LogP contribution in [0.15, 0.2) is 33.9 Å². The molecule has 1 atom stereocenters. The van der Waals surface area contributed by atoms with Crippen molar-refractivity contribution in [1.29, 1.82) is 0 Å². The summed E-state index contributed by atoms with van der Waals surface area (Å²) in [5.41, 5.74) is 1.13. The number of aryl methyl sites for hydroxylation is 1. The summed E-state index contributed by atoms with van der Waals surface area (Å²) < 4.78 is 11.0. The molecule has 2 aromatic rings. The molecule has 0 fully saturated rings. The topological polar surface area (TPSA) is 68.4 Å². The van der Waals surface area contributed by atoms with Crippen molar-refractivity contribution in [2.24, 2.45) is 0 Å². The molecule has 0 aliphatic heterocycles. The minimum absolute atomic E-state index is 0.238. The molecule has 114 valence electrons. The highest BCUT2D eigenvalue weighted by atomic mass is 32.2. The van der Waals surface area contributed by atoms with E-state index in [1.54, 1.807) is 11.8 Å². The van der Waals surface area contributed by atoms with E-state index in [2.05, 4.69) is 10.2 Å². The fraction of sp³-hybridized carbons (Fsp3) is 0.429. The maximum Gasteiger partial charge on any atom is 0.276 e. The molecule has 1 heterocycles. The summed E-state index contributed by atoms with van der Waals surface area (Å²) in [4.78, 5) is 0. The van der Waals surface area contributed by atoms with Crippen molar-refractivity contribution in [1.82, 2.24) is 10.2 Å². The van der Waals surface area contributed by atoms with Crippen LogP contribution in [0.3, 0.4) is 0 Å². The van der Waals surface area contributed by atoms with Crippen LogP contribution in [0.5, 0.6) is 5.75 Å². The number of hydrogen-bond acceptors (Lipinski definition) is 7. The van der Waals surface area contributed by atoms with Gasteiger partial charge in [-0.25, -0.2) is 0 Å². The molecule has 5 nitrogen and oxygen atoms in total. The van der Waals surface area contributed by atoms with Crippen LogP contribution in [0.4, 0.5) is 0 Å². The van der Waals surface area contributed by atoms with Crippen molar-refractivity contribution >= 4 is 23.5 Å². The van der Waals surface area contributed by atoms with Crippen LogP contribution < -0.4 is 4.74 Å². The highest BCUT2D eigenvalue weighted by molar-refractivity contribution is 7.99. The molecular formula is C14H18N2O3S2. The van der Waals surface area contributed by atoms with Crippen molar-refractivity contribution in [3.8, 4) is 5.75 Å². The lowest BCUT2D eigenvalue weighted by molar-refractivity contribution is 0.126. The summed E-state index contributed by atoms with van der Waals surface area (Å²) in [6, 6.07) is 7.74. The molecule has 1 aromatic carbocycles. The molecule has 0 bridgehead atoms. The SMILES string of the molecule is CSCc1nnc(SCC(O)COc2cccc(C)c2)o1. The van der Waals surface area contributed by atoms with E-state index in [-0.39, 0.29) is 6.61 Å². The maximum atomic E-state index is 9.91. The number of aliphatic hydroxyl groups is 1. The Labute approximate surface area is 132 Å². The normalized spacial score (nSPS) is 12.3. The lowest BCUT2D eigenvalue weighted by Crippen LogP contribution is -2.20. The average molecular weight is 326 g/mol. The number of benzene rings is 1. The van der Waals surface area contributed by atoms with E-state index >= 15 is 0 Å². The van der Waals surface area contributed by atoms with Crippen LogP contribution in [0.1, 0.15) is 11.5 Å². The number of thioether (sulfide) groups is 2. The van der Waals surface area contributed by atoms with Gasteiger partial charge < -0.3 is 14.3 Å². The van der Waals surface area contributed by atoms with Gasteiger partial charge in [0.15, 0.2) is 0 Å². The highest BCUT2D eigenvalue weighted by Crippen LogP contribution is 2.19. The second-order valence-electron chi connectivity index (χ2n) is 4.49. The van der Waals surface area contributed by atoms with Crippen LogP contribution in [0, 0.1) is 6.92 Å². The number of aliphatic hydroxyl groups excluding tert-OH is 1. The fourth-order valence-electron chi connectivity index (χ4n) is 1.59. The number of rotatable bonds is 8. The fourth-order valence-corrected chi connectivity index (χ4v) is 2.64. The largest absolute Gasteiger partial charge is 0.491 e. The van der Waals surface area contributed by atoms with E-state index in [0.717, 1.165) is 11.3 Å². The summed E-state index contributed by atoms with van der Waals surface area (Å²) in [6.45, 7) is 2.24. The van der Waals surface area contributed by atoms with Crippen LogP contribution in [-0.2, 0) is 5.75 Å². The number of hydrogen-bond donors (Lipinski definition) is 1. The van der Waals surface area contributed by atoms with Crippen LogP contribution >= 0.6 is 23.5 Å². The molecule has 0 saturated heterocycles. The molecule has 1 unspecified atom stereocenters. The first-order valence-corrected chi connectivity index (χ1v) is 8.87. The Hall–Kier alpha value is -1.18. The Morgan fingerprint density at radius 3 is 3.00 bits per heavy atom. The molecule has 0 aliphatic carbocycles. The molecule has 0 spiro atoms. The Bertz CT molecular complexity index is 563. The second-order valence-corrected chi connectivity index (χ2v) is 6.32. The Morgan fingerprint density at radius 1 is 1.38 bits per heavy atom. The van der Waals surface area contributed by atoms with Crippen LogP contribution in [-0.4, -0.2) is 40.0 Å². The van der Waals surface area contributed by atoms with Crippen LogP contribution in [0.25, 0.3) is 0 Å². The molecule has 21 heavy (non-hydrogen) atoms. The van der Waals surface area contributed by atoms with Gasteiger partial charge in [-0.05, 0) is 30.9 Å². The third-order valence-electron chi connectivity index (χ3n) is 2.55. The molecule has 0 amide bonds. The van der Waals surface area contributed by atoms with Crippen molar-refractivity contribution in [3.63, 3.8) is 0 Å². The molecule has 7 heteroatoms. The van der Waals surface area contributed by atoms with E-state index < -0.39 is 6.10 Å². The Morgan fingerprint density at radius 2 is 2.24 bits per heavy atom. The lowest BCUT2D eigenvalue weighted by atomic mass is 10.2. The molecule has 0 saturated carbocycles. The summed E-state index contributed by atoms with van der Waals surface area (Å²) in [5.74, 6) is 2.52. The molecule has 1 aromatic heterocycles. The maximum absolute atomic E-state index is 9.91. The molecule has 1 N–H and O–H groups in total. The van der Waals surface area contributed by atoms with Gasteiger partial charge >= 0.3 is 0 Å².